The highest BCUT2D eigenvalue weighted by molar-refractivity contribution is 6.18. The number of hydrogen-bond donors (Lipinski definition) is 0. The maximum absolute atomic E-state index is 2.45. The van der Waals surface area contributed by atoms with Crippen LogP contribution in [0.15, 0.2) is 140 Å². The van der Waals surface area contributed by atoms with Crippen molar-refractivity contribution in [1.82, 2.24) is 4.57 Å². The Morgan fingerprint density at radius 1 is 0.462 bits per heavy atom. The van der Waals surface area contributed by atoms with Crippen LogP contribution in [-0.4, -0.2) is 4.57 Å². The van der Waals surface area contributed by atoms with E-state index < -0.39 is 0 Å². The molecule has 0 bridgehead atoms. The normalized spacial score (nSPS) is 11.3. The number of aromatic nitrogens is 1. The van der Waals surface area contributed by atoms with Gasteiger partial charge in [0.25, 0.3) is 0 Å². The number of nitrogens with zero attached hydrogens (tertiary/aromatic N) is 1. The van der Waals surface area contributed by atoms with E-state index in [4.69, 9.17) is 0 Å². The molecule has 39 heavy (non-hydrogen) atoms. The third-order valence-corrected chi connectivity index (χ3v) is 7.94. The van der Waals surface area contributed by atoms with Gasteiger partial charge in [0, 0.05) is 16.5 Å². The monoisotopic (exact) mass is 499 g/mol. The molecule has 1 nitrogen and oxygen atoms in total. The number of para-hydroxylation sites is 2. The molecule has 1 heterocycles. The Hall–Kier alpha value is -4.88. The topological polar surface area (TPSA) is 4.93 Å². The van der Waals surface area contributed by atoms with Crippen LogP contribution in [0.4, 0.5) is 0 Å². The van der Waals surface area contributed by atoms with Crippen molar-refractivity contribution in [2.45, 2.75) is 13.8 Å². The maximum atomic E-state index is 2.45. The lowest BCUT2D eigenvalue weighted by Gasteiger charge is -2.17. The first-order chi connectivity index (χ1) is 19.2. The summed E-state index contributed by atoms with van der Waals surface area (Å²) in [5.41, 5.74) is 13.8. The van der Waals surface area contributed by atoms with Gasteiger partial charge in [0.1, 0.15) is 0 Å². The quantitative estimate of drug-likeness (QED) is 0.227. The van der Waals surface area contributed by atoms with Crippen LogP contribution in [-0.2, 0) is 0 Å². The van der Waals surface area contributed by atoms with Crippen LogP contribution in [0.1, 0.15) is 11.1 Å². The first kappa shape index (κ1) is 23.3. The highest BCUT2D eigenvalue weighted by Crippen LogP contribution is 2.44. The van der Waals surface area contributed by atoms with E-state index in [0.29, 0.717) is 0 Å². The minimum Gasteiger partial charge on any atom is -0.309 e. The fourth-order valence-electron chi connectivity index (χ4n) is 6.02. The van der Waals surface area contributed by atoms with Gasteiger partial charge in [-0.15, -0.1) is 0 Å². The Morgan fingerprint density at radius 3 is 1.79 bits per heavy atom. The van der Waals surface area contributed by atoms with Gasteiger partial charge in [0.05, 0.1) is 11.0 Å². The molecule has 186 valence electrons. The van der Waals surface area contributed by atoms with Crippen molar-refractivity contribution < 1.29 is 0 Å². The van der Waals surface area contributed by atoms with Gasteiger partial charge >= 0.3 is 0 Å². The van der Waals surface area contributed by atoms with E-state index in [1.807, 2.05) is 0 Å². The molecule has 6 aromatic carbocycles. The van der Waals surface area contributed by atoms with E-state index in [-0.39, 0.29) is 0 Å². The Bertz CT molecular complexity index is 1940. The summed E-state index contributed by atoms with van der Waals surface area (Å²) in [7, 11) is 0. The van der Waals surface area contributed by atoms with Gasteiger partial charge < -0.3 is 4.57 Å². The summed E-state index contributed by atoms with van der Waals surface area (Å²) in [6.45, 7) is 4.49. The Kier molecular flexibility index (Phi) is 5.64. The average molecular weight is 500 g/mol. The van der Waals surface area contributed by atoms with Crippen molar-refractivity contribution in [3.63, 3.8) is 0 Å². The van der Waals surface area contributed by atoms with Crippen molar-refractivity contribution in [3.8, 4) is 39.1 Å². The van der Waals surface area contributed by atoms with Crippen LogP contribution in [0.25, 0.3) is 60.9 Å². The third kappa shape index (κ3) is 3.86. The zero-order chi connectivity index (χ0) is 26.3. The predicted octanol–water partition coefficient (Wildman–Crippen LogP) is 10.4. The fraction of sp³-hybridized carbons (Fsp3) is 0.0526. The lowest BCUT2D eigenvalue weighted by Crippen LogP contribution is -1.98. The molecule has 7 aromatic rings. The predicted molar refractivity (Wildman–Crippen MR) is 167 cm³/mol. The second kappa shape index (κ2) is 9.45. The lowest BCUT2D eigenvalue weighted by molar-refractivity contribution is 1.17. The van der Waals surface area contributed by atoms with Crippen molar-refractivity contribution in [2.24, 2.45) is 0 Å². The highest BCUT2D eigenvalue weighted by atomic mass is 15.0. The number of hydrogen-bond acceptors (Lipinski definition) is 0. The SMILES string of the molecule is Cc1ccccc1-c1cc(-c2ccc(-c3ccccc3)cc2)c2c3ccccc3n(-c3ccccc3)c2c1C. The van der Waals surface area contributed by atoms with Gasteiger partial charge in [-0.25, -0.2) is 0 Å². The third-order valence-electron chi connectivity index (χ3n) is 7.94. The van der Waals surface area contributed by atoms with Gasteiger partial charge in [0.15, 0.2) is 0 Å². The van der Waals surface area contributed by atoms with Crippen molar-refractivity contribution in [2.75, 3.05) is 0 Å². The summed E-state index contributed by atoms with van der Waals surface area (Å²) in [4.78, 5) is 0. The number of rotatable bonds is 4. The number of benzene rings is 6. The zero-order valence-corrected chi connectivity index (χ0v) is 22.2. The summed E-state index contributed by atoms with van der Waals surface area (Å²) >= 11 is 0. The van der Waals surface area contributed by atoms with E-state index in [1.165, 1.54) is 72.0 Å². The van der Waals surface area contributed by atoms with Crippen LogP contribution in [0.3, 0.4) is 0 Å². The molecule has 0 radical (unpaired) electrons. The van der Waals surface area contributed by atoms with E-state index >= 15 is 0 Å². The van der Waals surface area contributed by atoms with Crippen LogP contribution in [0.5, 0.6) is 0 Å². The average Bonchev–Trinajstić information content (AvgIpc) is 3.35. The molecule has 0 atom stereocenters. The molecule has 0 unspecified atom stereocenters. The molecule has 0 saturated heterocycles. The second-order valence-electron chi connectivity index (χ2n) is 10.3. The summed E-state index contributed by atoms with van der Waals surface area (Å²) in [5, 5.41) is 2.58. The number of fused-ring (bicyclic) bond motifs is 3. The van der Waals surface area contributed by atoms with Gasteiger partial charge in [-0.1, -0.05) is 115 Å². The maximum Gasteiger partial charge on any atom is 0.0582 e. The van der Waals surface area contributed by atoms with Crippen molar-refractivity contribution in [1.29, 1.82) is 0 Å². The summed E-state index contributed by atoms with van der Waals surface area (Å²) in [5.74, 6) is 0. The van der Waals surface area contributed by atoms with Gasteiger partial charge in [-0.3, -0.25) is 0 Å². The van der Waals surface area contributed by atoms with Crippen LogP contribution in [0.2, 0.25) is 0 Å². The minimum atomic E-state index is 1.18. The molecule has 7 rings (SSSR count). The smallest absolute Gasteiger partial charge is 0.0582 e. The zero-order valence-electron chi connectivity index (χ0n) is 22.2. The highest BCUT2D eigenvalue weighted by Gasteiger charge is 2.21. The molecule has 0 amide bonds. The largest absolute Gasteiger partial charge is 0.309 e. The summed E-state index contributed by atoms with van der Waals surface area (Å²) in [6, 6.07) is 50.4. The molecule has 0 aliphatic carbocycles. The Labute approximate surface area is 229 Å². The van der Waals surface area contributed by atoms with Crippen molar-refractivity contribution >= 4 is 21.8 Å². The molecular formula is C38H29N. The molecule has 0 aliphatic rings. The van der Waals surface area contributed by atoms with Crippen LogP contribution < -0.4 is 0 Å². The van der Waals surface area contributed by atoms with Crippen molar-refractivity contribution in [3.05, 3.63) is 151 Å². The summed E-state index contributed by atoms with van der Waals surface area (Å²) < 4.78 is 2.45. The van der Waals surface area contributed by atoms with E-state index in [0.717, 1.165) is 0 Å². The van der Waals surface area contributed by atoms with Crippen LogP contribution >= 0.6 is 0 Å². The Balaban J connectivity index is 1.59. The van der Waals surface area contributed by atoms with E-state index in [9.17, 15) is 0 Å². The number of aryl methyl sites for hydroxylation is 2. The van der Waals surface area contributed by atoms with Gasteiger partial charge in [0.2, 0.25) is 0 Å². The summed E-state index contributed by atoms with van der Waals surface area (Å²) in [6.07, 6.45) is 0. The fourth-order valence-corrected chi connectivity index (χ4v) is 6.02. The van der Waals surface area contributed by atoms with E-state index in [1.54, 1.807) is 0 Å². The van der Waals surface area contributed by atoms with Crippen LogP contribution in [0, 0.1) is 13.8 Å². The minimum absolute atomic E-state index is 1.18. The standard InChI is InChI=1S/C38H29N/c1-26-13-9-10-18-32(26)34-25-35(30-23-21-29(22-24-30)28-14-5-3-6-15-28)37-33-19-11-12-20-36(33)39(38(37)27(34)2)31-16-7-4-8-17-31/h3-25H,1-2H3. The molecule has 0 spiro atoms. The first-order valence-corrected chi connectivity index (χ1v) is 13.5. The molecular weight excluding hydrogens is 470 g/mol. The van der Waals surface area contributed by atoms with Gasteiger partial charge in [-0.05, 0) is 82.6 Å². The molecule has 1 aromatic heterocycles. The second-order valence-corrected chi connectivity index (χ2v) is 10.3. The molecule has 0 fully saturated rings. The Morgan fingerprint density at radius 2 is 1.05 bits per heavy atom. The first-order valence-electron chi connectivity index (χ1n) is 13.5. The molecule has 0 N–H and O–H groups in total. The van der Waals surface area contributed by atoms with E-state index in [2.05, 4.69) is 158 Å². The lowest BCUT2D eigenvalue weighted by atomic mass is 9.89. The molecule has 0 saturated carbocycles. The molecule has 0 aliphatic heterocycles. The van der Waals surface area contributed by atoms with Gasteiger partial charge in [-0.2, -0.15) is 0 Å². The molecule has 1 heteroatoms.